The second kappa shape index (κ2) is 9.50. The molecule has 0 bridgehead atoms. The summed E-state index contributed by atoms with van der Waals surface area (Å²) in [5, 5.41) is 1.38. The van der Waals surface area contributed by atoms with Gasteiger partial charge in [-0.25, -0.2) is 8.42 Å². The van der Waals surface area contributed by atoms with Gasteiger partial charge < -0.3 is 0 Å². The van der Waals surface area contributed by atoms with Crippen LogP contribution in [0, 0.1) is 0 Å². The molecule has 1 atom stereocenters. The maximum Gasteiger partial charge on any atom is 0.271 e. The minimum absolute atomic E-state index is 0.00678. The molecule has 0 fully saturated rings. The fourth-order valence-electron chi connectivity index (χ4n) is 3.60. The van der Waals surface area contributed by atoms with Crippen LogP contribution in [0.15, 0.2) is 109 Å². The topological polar surface area (TPSA) is 66.5 Å². The molecule has 172 valence electrons. The quantitative estimate of drug-likeness (QED) is 0.279. The van der Waals surface area contributed by atoms with Crippen LogP contribution < -0.4 is 9.62 Å². The molecule has 1 N–H and O–H groups in total. The van der Waals surface area contributed by atoms with Gasteiger partial charge in [0.1, 0.15) is 4.21 Å². The van der Waals surface area contributed by atoms with Gasteiger partial charge in [-0.15, -0.1) is 23.1 Å². The van der Waals surface area contributed by atoms with Crippen molar-refractivity contribution < 1.29 is 13.2 Å². The van der Waals surface area contributed by atoms with Gasteiger partial charge in [-0.1, -0.05) is 42.1 Å². The molecule has 1 aliphatic heterocycles. The molecule has 1 amide bonds. The van der Waals surface area contributed by atoms with Gasteiger partial charge in [-0.05, 0) is 66.9 Å². The molecule has 1 unspecified atom stereocenters. The first-order valence-electron chi connectivity index (χ1n) is 10.5. The predicted molar refractivity (Wildman–Crippen MR) is 141 cm³/mol. The predicted octanol–water partition coefficient (Wildman–Crippen LogP) is 6.86. The zero-order valence-electron chi connectivity index (χ0n) is 18.0. The third-order valence-corrected chi connectivity index (χ3v) is 10.2. The van der Waals surface area contributed by atoms with E-state index in [1.165, 1.54) is 23.1 Å². The summed E-state index contributed by atoms with van der Waals surface area (Å²) in [6, 6.07) is 26.2. The van der Waals surface area contributed by atoms with E-state index in [-0.39, 0.29) is 15.4 Å². The summed E-state index contributed by atoms with van der Waals surface area (Å²) in [4.78, 5) is 18.4. The van der Waals surface area contributed by atoms with Crippen molar-refractivity contribution >= 4 is 67.9 Å². The summed E-state index contributed by atoms with van der Waals surface area (Å²) in [6.45, 7) is 1.90. The molecule has 0 saturated heterocycles. The summed E-state index contributed by atoms with van der Waals surface area (Å²) in [5.74, 6) is -0.00678. The summed E-state index contributed by atoms with van der Waals surface area (Å²) >= 11 is 4.28. The number of amides is 1. The molecule has 0 saturated carbocycles. The van der Waals surface area contributed by atoms with Gasteiger partial charge in [0, 0.05) is 20.4 Å². The van der Waals surface area contributed by atoms with E-state index in [9.17, 15) is 13.2 Å². The Labute approximate surface area is 211 Å². The fourth-order valence-corrected chi connectivity index (χ4v) is 7.62. The SMILES string of the molecule is CC(Sc1ccc(NS(=O)(=O)c2cccs2)cc1)C(=O)N1c2ccccc2Sc2ccccc21. The fraction of sp³-hybridized carbons (Fsp3) is 0.0800. The average Bonchev–Trinajstić information content (AvgIpc) is 3.39. The van der Waals surface area contributed by atoms with Gasteiger partial charge in [-0.2, -0.15) is 0 Å². The van der Waals surface area contributed by atoms with E-state index in [2.05, 4.69) is 4.72 Å². The van der Waals surface area contributed by atoms with Crippen LogP contribution in [0.1, 0.15) is 6.92 Å². The molecule has 1 aromatic heterocycles. The Morgan fingerprint density at radius 3 is 2.09 bits per heavy atom. The number of nitrogens with zero attached hydrogens (tertiary/aromatic N) is 1. The summed E-state index contributed by atoms with van der Waals surface area (Å²) < 4.78 is 27.7. The van der Waals surface area contributed by atoms with Crippen molar-refractivity contribution in [3.05, 3.63) is 90.3 Å². The van der Waals surface area contributed by atoms with Crippen LogP contribution in [-0.4, -0.2) is 19.6 Å². The van der Waals surface area contributed by atoms with E-state index in [4.69, 9.17) is 0 Å². The van der Waals surface area contributed by atoms with E-state index in [0.717, 1.165) is 26.1 Å². The normalized spacial score (nSPS) is 13.6. The maximum absolute atomic E-state index is 13.6. The minimum atomic E-state index is -3.59. The van der Waals surface area contributed by atoms with Gasteiger partial charge >= 0.3 is 0 Å². The summed E-state index contributed by atoms with van der Waals surface area (Å²) in [6.07, 6.45) is 0. The number of hydrogen-bond acceptors (Lipinski definition) is 6. The number of para-hydroxylation sites is 2. The van der Waals surface area contributed by atoms with E-state index >= 15 is 0 Å². The lowest BCUT2D eigenvalue weighted by molar-refractivity contribution is -0.117. The van der Waals surface area contributed by atoms with Crippen molar-refractivity contribution in [2.45, 2.75) is 31.1 Å². The molecule has 9 heteroatoms. The number of thiophene rings is 1. The molecule has 1 aliphatic rings. The number of fused-ring (bicyclic) bond motifs is 2. The molecule has 4 aromatic rings. The van der Waals surface area contributed by atoms with Crippen LogP contribution in [0.2, 0.25) is 0 Å². The highest BCUT2D eigenvalue weighted by molar-refractivity contribution is 8.00. The van der Waals surface area contributed by atoms with Crippen LogP contribution in [0.3, 0.4) is 0 Å². The first-order chi connectivity index (χ1) is 16.4. The second-order valence-corrected chi connectivity index (χ2v) is 12.9. The Hall–Kier alpha value is -2.72. The Kier molecular flexibility index (Phi) is 6.44. The molecule has 34 heavy (non-hydrogen) atoms. The largest absolute Gasteiger partial charge is 0.279 e. The van der Waals surface area contributed by atoms with E-state index < -0.39 is 10.0 Å². The monoisotopic (exact) mass is 524 g/mol. The van der Waals surface area contributed by atoms with E-state index in [0.29, 0.717) is 5.69 Å². The molecule has 5 rings (SSSR count). The van der Waals surface area contributed by atoms with E-state index in [1.807, 2.05) is 72.5 Å². The first kappa shape index (κ1) is 23.0. The highest BCUT2D eigenvalue weighted by Gasteiger charge is 2.31. The second-order valence-electron chi connectivity index (χ2n) is 7.53. The number of anilines is 3. The zero-order chi connectivity index (χ0) is 23.7. The number of benzene rings is 3. The van der Waals surface area contributed by atoms with Crippen molar-refractivity contribution in [3.63, 3.8) is 0 Å². The lowest BCUT2D eigenvalue weighted by Crippen LogP contribution is -2.34. The highest BCUT2D eigenvalue weighted by atomic mass is 32.2. The average molecular weight is 525 g/mol. The Morgan fingerprint density at radius 1 is 0.882 bits per heavy atom. The maximum atomic E-state index is 13.6. The van der Waals surface area contributed by atoms with Crippen LogP contribution >= 0.6 is 34.9 Å². The molecular formula is C25H20N2O3S4. The molecule has 0 aliphatic carbocycles. The summed E-state index contributed by atoms with van der Waals surface area (Å²) in [7, 11) is -3.59. The third-order valence-electron chi connectivity index (χ3n) is 5.18. The van der Waals surface area contributed by atoms with Crippen molar-refractivity contribution in [3.8, 4) is 0 Å². The zero-order valence-corrected chi connectivity index (χ0v) is 21.3. The Balaban J connectivity index is 1.33. The lowest BCUT2D eigenvalue weighted by atomic mass is 10.2. The molecular weight excluding hydrogens is 505 g/mol. The number of hydrogen-bond donors (Lipinski definition) is 1. The number of carbonyl (C=O) groups excluding carboxylic acids is 1. The van der Waals surface area contributed by atoms with E-state index in [1.54, 1.807) is 41.4 Å². The standard InChI is InChI=1S/C25H20N2O3S4/c1-17(32-19-14-12-18(13-15-19)26-34(29,30)24-11-6-16-31-24)25(28)27-20-7-2-4-9-22(20)33-23-10-5-3-8-21(23)27/h2-17,26H,1H3. The molecule has 5 nitrogen and oxygen atoms in total. The van der Waals surface area contributed by atoms with Crippen molar-refractivity contribution in [1.29, 1.82) is 0 Å². The minimum Gasteiger partial charge on any atom is -0.279 e. The Morgan fingerprint density at radius 2 is 1.50 bits per heavy atom. The van der Waals surface area contributed by atoms with Crippen molar-refractivity contribution in [1.82, 2.24) is 0 Å². The molecule has 0 spiro atoms. The lowest BCUT2D eigenvalue weighted by Gasteiger charge is -2.32. The van der Waals surface area contributed by atoms with Gasteiger partial charge in [-0.3, -0.25) is 14.4 Å². The smallest absolute Gasteiger partial charge is 0.271 e. The number of sulfonamides is 1. The molecule has 0 radical (unpaired) electrons. The van der Waals surface area contributed by atoms with Crippen LogP contribution in [0.4, 0.5) is 17.1 Å². The third kappa shape index (κ3) is 4.61. The van der Waals surface area contributed by atoms with Crippen molar-refractivity contribution in [2.24, 2.45) is 0 Å². The molecule has 2 heterocycles. The van der Waals surface area contributed by atoms with Gasteiger partial charge in [0.05, 0.1) is 16.6 Å². The first-order valence-corrected chi connectivity index (χ1v) is 14.5. The van der Waals surface area contributed by atoms with Crippen LogP contribution in [0.25, 0.3) is 0 Å². The van der Waals surface area contributed by atoms with Gasteiger partial charge in [0.2, 0.25) is 5.91 Å². The van der Waals surface area contributed by atoms with Gasteiger partial charge in [0.25, 0.3) is 10.0 Å². The number of rotatable bonds is 6. The van der Waals surface area contributed by atoms with Gasteiger partial charge in [0.15, 0.2) is 0 Å². The Bertz CT molecular complexity index is 1390. The molecule has 3 aromatic carbocycles. The van der Waals surface area contributed by atoms with Crippen LogP contribution in [0.5, 0.6) is 0 Å². The number of nitrogens with one attached hydrogen (secondary N) is 1. The van der Waals surface area contributed by atoms with Crippen molar-refractivity contribution in [2.75, 3.05) is 9.62 Å². The summed E-state index contributed by atoms with van der Waals surface area (Å²) in [5.41, 5.74) is 2.26. The highest BCUT2D eigenvalue weighted by Crippen LogP contribution is 2.48. The number of carbonyl (C=O) groups is 1. The number of thioether (sulfide) groups is 1. The van der Waals surface area contributed by atoms with Crippen LogP contribution in [-0.2, 0) is 14.8 Å².